The summed E-state index contributed by atoms with van der Waals surface area (Å²) in [4.78, 5) is -0.0758. The zero-order chi connectivity index (χ0) is 9.35. The maximum absolute atomic E-state index is 10.7. The van der Waals surface area contributed by atoms with Gasteiger partial charge >= 0.3 is 51.4 Å². The topological polar surface area (TPSA) is 54.4 Å². The van der Waals surface area contributed by atoms with Crippen LogP contribution in [0.25, 0.3) is 0 Å². The third-order valence-corrected chi connectivity index (χ3v) is 2.53. The Labute approximate surface area is 121 Å². The van der Waals surface area contributed by atoms with Crippen LogP contribution in [0.1, 0.15) is 11.1 Å². The Morgan fingerprint density at radius 1 is 1.38 bits per heavy atom. The average molecular weight is 224 g/mol. The summed E-state index contributed by atoms with van der Waals surface area (Å²) in [6.45, 7) is 3.44. The fraction of sp³-hybridized carbons (Fsp3) is 0.250. The smallest absolute Gasteiger partial charge is 0.291 e. The number of aryl methyl sites for hydroxylation is 2. The van der Waals surface area contributed by atoms with E-state index in [-0.39, 0.29) is 56.3 Å². The second-order valence-electron chi connectivity index (χ2n) is 2.64. The molecule has 0 unspecified atom stereocenters. The van der Waals surface area contributed by atoms with Crippen molar-refractivity contribution < 1.29 is 64.4 Å². The van der Waals surface area contributed by atoms with Crippen LogP contribution in [-0.2, 0) is 10.1 Å². The van der Waals surface area contributed by atoms with Gasteiger partial charge < -0.3 is 0 Å². The van der Waals surface area contributed by atoms with Crippen LogP contribution in [0.15, 0.2) is 17.0 Å². The molecule has 0 heterocycles. The maximum Gasteiger partial charge on any atom is 1.00 e. The molecule has 1 aromatic carbocycles. The van der Waals surface area contributed by atoms with E-state index in [4.69, 9.17) is 4.55 Å². The first kappa shape index (κ1) is 13.8. The van der Waals surface area contributed by atoms with Gasteiger partial charge in [0.2, 0.25) is 10.1 Å². The van der Waals surface area contributed by atoms with Gasteiger partial charge in [-0.2, -0.15) is 23.8 Å². The van der Waals surface area contributed by atoms with E-state index in [0.29, 0.717) is 5.56 Å². The zero-order valence-corrected chi connectivity index (χ0v) is 11.8. The predicted octanol–water partition coefficient (Wildman–Crippen LogP) is -1.65. The van der Waals surface area contributed by atoms with Crippen LogP contribution in [0, 0.1) is 19.9 Å². The third-order valence-electron chi connectivity index (χ3n) is 1.53. The molecule has 13 heavy (non-hydrogen) atoms. The molecule has 0 bridgehead atoms. The molecule has 0 aliphatic rings. The molecule has 1 rings (SSSR count). The molecule has 5 heteroatoms. The van der Waals surface area contributed by atoms with Crippen molar-refractivity contribution in [3.63, 3.8) is 0 Å². The first-order valence-electron chi connectivity index (χ1n) is 3.37. The van der Waals surface area contributed by atoms with Gasteiger partial charge in [-0.1, -0.05) is 13.8 Å². The summed E-state index contributed by atoms with van der Waals surface area (Å²) in [6.07, 6.45) is 0. The summed E-state index contributed by atoms with van der Waals surface area (Å²) >= 11 is 0. The summed E-state index contributed by atoms with van der Waals surface area (Å²) in [5.74, 6) is 0. The molecular formula is C8H9KO3S. The normalized spacial score (nSPS) is 10.7. The van der Waals surface area contributed by atoms with E-state index in [9.17, 15) is 8.42 Å². The van der Waals surface area contributed by atoms with E-state index < -0.39 is 10.1 Å². The van der Waals surface area contributed by atoms with Gasteiger partial charge in [0.1, 0.15) is 0 Å². The van der Waals surface area contributed by atoms with Crippen molar-refractivity contribution in [2.45, 2.75) is 18.7 Å². The van der Waals surface area contributed by atoms with Crippen molar-refractivity contribution in [1.29, 1.82) is 0 Å². The van der Waals surface area contributed by atoms with Gasteiger partial charge in [0.15, 0.2) is 0 Å². The van der Waals surface area contributed by atoms with E-state index >= 15 is 0 Å². The van der Waals surface area contributed by atoms with Gasteiger partial charge in [0, 0.05) is 0 Å². The van der Waals surface area contributed by atoms with Gasteiger partial charge in [0.25, 0.3) is 0 Å². The number of benzene rings is 1. The van der Waals surface area contributed by atoms with E-state index in [2.05, 4.69) is 6.07 Å². The predicted molar refractivity (Wildman–Crippen MR) is 44.6 cm³/mol. The number of hydrogen-bond donors (Lipinski definition) is 1. The van der Waals surface area contributed by atoms with E-state index in [1.165, 1.54) is 6.07 Å². The number of rotatable bonds is 1. The van der Waals surface area contributed by atoms with Crippen LogP contribution in [0.3, 0.4) is 0 Å². The molecule has 0 saturated heterocycles. The largest absolute Gasteiger partial charge is 1.00 e. The van der Waals surface area contributed by atoms with Crippen LogP contribution in [-0.4, -0.2) is 13.0 Å². The molecule has 0 atom stereocenters. The monoisotopic (exact) mass is 224 g/mol. The molecule has 0 aliphatic carbocycles. The molecule has 0 amide bonds. The Hall–Kier alpha value is 0.766. The van der Waals surface area contributed by atoms with Crippen LogP contribution < -0.4 is 51.4 Å². The van der Waals surface area contributed by atoms with Crippen LogP contribution >= 0.6 is 0 Å². The summed E-state index contributed by atoms with van der Waals surface area (Å²) in [7, 11) is -4.08. The standard InChI is InChI=1S/C8H9O3S.K/c1-6-3-4-8(7(2)5-6)12(9,10)11;/h4-5H,1-2H3,(H,9,10,11);/q-1;+1. The Morgan fingerprint density at radius 3 is 2.31 bits per heavy atom. The third kappa shape index (κ3) is 3.79. The summed E-state index contributed by atoms with van der Waals surface area (Å²) < 4.78 is 30.1. The Balaban J connectivity index is 0.00000144. The van der Waals surface area contributed by atoms with Gasteiger partial charge in [-0.25, -0.2) is 8.42 Å². The van der Waals surface area contributed by atoms with E-state index in [1.54, 1.807) is 19.9 Å². The summed E-state index contributed by atoms with van der Waals surface area (Å²) in [5, 5.41) is 0. The first-order valence-corrected chi connectivity index (χ1v) is 4.81. The molecule has 0 saturated carbocycles. The molecule has 1 N–H and O–H groups in total. The fourth-order valence-corrected chi connectivity index (χ4v) is 1.68. The van der Waals surface area contributed by atoms with Gasteiger partial charge in [-0.15, -0.1) is 5.56 Å². The van der Waals surface area contributed by atoms with Crippen LogP contribution in [0.2, 0.25) is 0 Å². The molecular weight excluding hydrogens is 215 g/mol. The maximum atomic E-state index is 10.7. The number of hydrogen-bond acceptors (Lipinski definition) is 2. The Bertz CT molecular complexity index is 398. The van der Waals surface area contributed by atoms with Crippen molar-refractivity contribution in [2.75, 3.05) is 0 Å². The molecule has 0 fully saturated rings. The molecule has 66 valence electrons. The molecule has 3 nitrogen and oxygen atoms in total. The minimum atomic E-state index is -4.08. The van der Waals surface area contributed by atoms with Crippen molar-refractivity contribution in [1.82, 2.24) is 0 Å². The summed E-state index contributed by atoms with van der Waals surface area (Å²) in [6, 6.07) is 5.64. The molecule has 0 aromatic heterocycles. The van der Waals surface area contributed by atoms with E-state index in [1.807, 2.05) is 0 Å². The zero-order valence-electron chi connectivity index (χ0n) is 7.83. The molecule has 0 aliphatic heterocycles. The van der Waals surface area contributed by atoms with Gasteiger partial charge in [-0.05, 0) is 4.90 Å². The van der Waals surface area contributed by atoms with Gasteiger partial charge in [0.05, 0.1) is 0 Å². The van der Waals surface area contributed by atoms with Crippen LogP contribution in [0.4, 0.5) is 0 Å². The van der Waals surface area contributed by atoms with Crippen LogP contribution in [0.5, 0.6) is 0 Å². The average Bonchev–Trinajstić information content (AvgIpc) is 1.83. The molecule has 0 radical (unpaired) electrons. The van der Waals surface area contributed by atoms with Crippen molar-refractivity contribution in [2.24, 2.45) is 0 Å². The second kappa shape index (κ2) is 5.02. The Morgan fingerprint density at radius 2 is 1.92 bits per heavy atom. The van der Waals surface area contributed by atoms with Gasteiger partial charge in [-0.3, -0.25) is 4.55 Å². The quantitative estimate of drug-likeness (QED) is 0.353. The fourth-order valence-electron chi connectivity index (χ4n) is 1.01. The van der Waals surface area contributed by atoms with Crippen molar-refractivity contribution >= 4 is 10.1 Å². The molecule has 1 aromatic rings. The summed E-state index contributed by atoms with van der Waals surface area (Å²) in [5.41, 5.74) is 1.38. The Kier molecular flexibility index (Phi) is 5.31. The molecule has 0 spiro atoms. The second-order valence-corrected chi connectivity index (χ2v) is 4.03. The van der Waals surface area contributed by atoms with Crippen molar-refractivity contribution in [3.8, 4) is 0 Å². The SMILES string of the molecule is Cc1[c-]cc(S(=O)(=O)O)c(C)c1.[K+]. The van der Waals surface area contributed by atoms with E-state index in [0.717, 1.165) is 5.56 Å². The van der Waals surface area contributed by atoms with Crippen molar-refractivity contribution in [3.05, 3.63) is 29.3 Å². The minimum Gasteiger partial charge on any atom is -0.291 e. The first-order chi connectivity index (χ1) is 5.41. The minimum absolute atomic E-state index is 0.